The van der Waals surface area contributed by atoms with Gasteiger partial charge in [-0.05, 0) is 49.9 Å². The number of aromatic nitrogens is 2. The van der Waals surface area contributed by atoms with Gasteiger partial charge in [0.05, 0.1) is 11.3 Å². The minimum atomic E-state index is -0.0780. The number of benzene rings is 2. The number of nitrogens with two attached hydrogens (primary N) is 1. The van der Waals surface area contributed by atoms with E-state index in [1.54, 1.807) is 4.68 Å². The molecule has 29 heavy (non-hydrogen) atoms. The lowest BCUT2D eigenvalue weighted by Gasteiger charge is -2.19. The number of carbonyl (C=O) groups is 1. The molecule has 0 saturated heterocycles. The first-order valence-corrected chi connectivity index (χ1v) is 9.89. The summed E-state index contributed by atoms with van der Waals surface area (Å²) >= 11 is 0. The van der Waals surface area contributed by atoms with Crippen LogP contribution in [0.3, 0.4) is 0 Å². The van der Waals surface area contributed by atoms with Crippen molar-refractivity contribution >= 4 is 18.3 Å². The van der Waals surface area contributed by atoms with E-state index in [-0.39, 0.29) is 24.4 Å². The van der Waals surface area contributed by atoms with Crippen LogP contribution >= 0.6 is 12.4 Å². The summed E-state index contributed by atoms with van der Waals surface area (Å²) in [6.45, 7) is 2.65. The molecule has 3 aromatic rings. The molecule has 1 saturated carbocycles. The highest BCUT2D eigenvalue weighted by Crippen LogP contribution is 2.29. The number of amides is 1. The smallest absolute Gasteiger partial charge is 0.255 e. The van der Waals surface area contributed by atoms with Crippen LogP contribution in [0.2, 0.25) is 0 Å². The molecule has 6 heteroatoms. The Bertz CT molecular complexity index is 970. The third kappa shape index (κ3) is 4.36. The van der Waals surface area contributed by atoms with Gasteiger partial charge in [0.15, 0.2) is 0 Å². The van der Waals surface area contributed by atoms with Gasteiger partial charge in [-0.3, -0.25) is 4.79 Å². The Balaban J connectivity index is 0.00000240. The maximum absolute atomic E-state index is 13.2. The fraction of sp³-hybridized carbons (Fsp3) is 0.304. The Hall–Kier alpha value is -2.63. The van der Waals surface area contributed by atoms with Crippen molar-refractivity contribution in [3.63, 3.8) is 0 Å². The summed E-state index contributed by atoms with van der Waals surface area (Å²) in [7, 11) is 0. The standard InChI is InChI=1S/C23H26N4O.ClH/c1-16-8-5-6-12-19(16)22-20(15-27(26-22)18-10-3-2-4-11-18)23(28)25-21-13-7-9-17(21)14-24;/h2-6,8,10-12,15,17,21H,7,9,13-14,24H2,1H3,(H,25,28);1H. The number of aryl methyl sites for hydroxylation is 1. The van der Waals surface area contributed by atoms with Gasteiger partial charge in [-0.2, -0.15) is 5.10 Å². The average Bonchev–Trinajstić information content (AvgIpc) is 3.36. The SMILES string of the molecule is Cc1ccccc1-c1nn(-c2ccccc2)cc1C(=O)NC1CCCC1CN.Cl. The quantitative estimate of drug-likeness (QED) is 0.664. The predicted octanol–water partition coefficient (Wildman–Crippen LogP) is 4.13. The van der Waals surface area contributed by atoms with E-state index in [1.165, 1.54) is 0 Å². The fourth-order valence-electron chi connectivity index (χ4n) is 4.05. The molecule has 0 aliphatic heterocycles. The third-order valence-electron chi connectivity index (χ3n) is 5.66. The monoisotopic (exact) mass is 410 g/mol. The van der Waals surface area contributed by atoms with E-state index in [9.17, 15) is 4.79 Å². The number of nitrogens with zero attached hydrogens (tertiary/aromatic N) is 2. The molecular weight excluding hydrogens is 384 g/mol. The van der Waals surface area contributed by atoms with E-state index < -0.39 is 0 Å². The van der Waals surface area contributed by atoms with Crippen LogP contribution in [0.1, 0.15) is 35.2 Å². The van der Waals surface area contributed by atoms with Crippen molar-refractivity contribution in [3.05, 3.63) is 71.9 Å². The van der Waals surface area contributed by atoms with Crippen molar-refractivity contribution < 1.29 is 4.79 Å². The van der Waals surface area contributed by atoms with Crippen LogP contribution in [-0.2, 0) is 0 Å². The van der Waals surface area contributed by atoms with Gasteiger partial charge in [-0.25, -0.2) is 4.68 Å². The Morgan fingerprint density at radius 2 is 1.86 bits per heavy atom. The lowest BCUT2D eigenvalue weighted by atomic mass is 10.0. The van der Waals surface area contributed by atoms with Crippen LogP contribution in [0, 0.1) is 12.8 Å². The van der Waals surface area contributed by atoms with Crippen LogP contribution in [0.15, 0.2) is 60.8 Å². The number of hydrogen-bond acceptors (Lipinski definition) is 3. The molecule has 1 aromatic heterocycles. The minimum Gasteiger partial charge on any atom is -0.349 e. The van der Waals surface area contributed by atoms with E-state index in [1.807, 2.05) is 67.7 Å². The molecule has 0 spiro atoms. The number of rotatable bonds is 5. The summed E-state index contributed by atoms with van der Waals surface area (Å²) in [5, 5.41) is 8.00. The first-order chi connectivity index (χ1) is 13.7. The zero-order chi connectivity index (χ0) is 19.5. The Labute approximate surface area is 177 Å². The molecule has 152 valence electrons. The van der Waals surface area contributed by atoms with E-state index in [2.05, 4.69) is 5.32 Å². The summed E-state index contributed by atoms with van der Waals surface area (Å²) in [5.74, 6) is 0.279. The summed E-state index contributed by atoms with van der Waals surface area (Å²) in [4.78, 5) is 13.2. The predicted molar refractivity (Wildman–Crippen MR) is 119 cm³/mol. The van der Waals surface area contributed by atoms with Crippen LogP contribution in [0.5, 0.6) is 0 Å². The second-order valence-corrected chi connectivity index (χ2v) is 7.49. The summed E-state index contributed by atoms with van der Waals surface area (Å²) in [6, 6.07) is 18.0. The molecular formula is C23H27ClN4O. The number of nitrogens with one attached hydrogen (secondary N) is 1. The van der Waals surface area contributed by atoms with Gasteiger partial charge in [0, 0.05) is 17.8 Å². The highest BCUT2D eigenvalue weighted by atomic mass is 35.5. The maximum Gasteiger partial charge on any atom is 0.255 e. The zero-order valence-corrected chi connectivity index (χ0v) is 17.4. The van der Waals surface area contributed by atoms with Crippen molar-refractivity contribution in [1.82, 2.24) is 15.1 Å². The summed E-state index contributed by atoms with van der Waals surface area (Å²) in [5.41, 5.74) is 10.2. The van der Waals surface area contributed by atoms with Crippen molar-refractivity contribution in [2.75, 3.05) is 6.54 Å². The van der Waals surface area contributed by atoms with E-state index in [0.717, 1.165) is 36.1 Å². The molecule has 1 aliphatic carbocycles. The lowest BCUT2D eigenvalue weighted by Crippen LogP contribution is -2.39. The third-order valence-corrected chi connectivity index (χ3v) is 5.66. The van der Waals surface area contributed by atoms with Gasteiger partial charge in [0.25, 0.3) is 5.91 Å². The molecule has 3 N–H and O–H groups in total. The first kappa shape index (κ1) is 21.1. The summed E-state index contributed by atoms with van der Waals surface area (Å²) < 4.78 is 1.78. The largest absolute Gasteiger partial charge is 0.349 e. The van der Waals surface area contributed by atoms with Crippen LogP contribution in [-0.4, -0.2) is 28.3 Å². The van der Waals surface area contributed by atoms with Crippen LogP contribution in [0.4, 0.5) is 0 Å². The second-order valence-electron chi connectivity index (χ2n) is 7.49. The Morgan fingerprint density at radius 3 is 2.59 bits per heavy atom. The molecule has 2 aromatic carbocycles. The topological polar surface area (TPSA) is 72.9 Å². The molecule has 4 rings (SSSR count). The maximum atomic E-state index is 13.2. The molecule has 2 atom stereocenters. The second kappa shape index (κ2) is 9.25. The minimum absolute atomic E-state index is 0. The number of carbonyl (C=O) groups excluding carboxylic acids is 1. The van der Waals surface area contributed by atoms with Crippen LogP contribution in [0.25, 0.3) is 16.9 Å². The van der Waals surface area contributed by atoms with Crippen molar-refractivity contribution in [2.45, 2.75) is 32.2 Å². The summed E-state index contributed by atoms with van der Waals surface area (Å²) in [6.07, 6.45) is 5.01. The molecule has 0 radical (unpaired) electrons. The fourth-order valence-corrected chi connectivity index (χ4v) is 4.05. The van der Waals surface area contributed by atoms with Crippen molar-refractivity contribution in [1.29, 1.82) is 0 Å². The van der Waals surface area contributed by atoms with E-state index in [4.69, 9.17) is 10.8 Å². The Kier molecular flexibility index (Phi) is 6.72. The van der Waals surface area contributed by atoms with Crippen molar-refractivity contribution in [2.24, 2.45) is 11.7 Å². The number of hydrogen-bond donors (Lipinski definition) is 2. The molecule has 2 unspecified atom stereocenters. The zero-order valence-electron chi connectivity index (χ0n) is 16.5. The molecule has 1 amide bonds. The molecule has 1 fully saturated rings. The highest BCUT2D eigenvalue weighted by Gasteiger charge is 2.29. The molecule has 5 nitrogen and oxygen atoms in total. The van der Waals surface area contributed by atoms with Crippen LogP contribution < -0.4 is 11.1 Å². The van der Waals surface area contributed by atoms with Crippen molar-refractivity contribution in [3.8, 4) is 16.9 Å². The molecule has 1 heterocycles. The van der Waals surface area contributed by atoms with Gasteiger partial charge < -0.3 is 11.1 Å². The van der Waals surface area contributed by atoms with E-state index >= 15 is 0 Å². The van der Waals surface area contributed by atoms with Gasteiger partial charge in [0.2, 0.25) is 0 Å². The normalized spacial score (nSPS) is 18.3. The Morgan fingerprint density at radius 1 is 1.14 bits per heavy atom. The van der Waals surface area contributed by atoms with E-state index in [0.29, 0.717) is 23.7 Å². The van der Waals surface area contributed by atoms with Gasteiger partial charge in [-0.1, -0.05) is 48.9 Å². The van der Waals surface area contributed by atoms with Gasteiger partial charge >= 0.3 is 0 Å². The average molecular weight is 411 g/mol. The number of para-hydroxylation sites is 1. The molecule has 1 aliphatic rings. The number of halogens is 1. The highest BCUT2D eigenvalue weighted by molar-refractivity contribution is 6.00. The van der Waals surface area contributed by atoms with Gasteiger partial charge in [-0.15, -0.1) is 12.4 Å². The molecule has 0 bridgehead atoms. The van der Waals surface area contributed by atoms with Gasteiger partial charge in [0.1, 0.15) is 5.69 Å². The lowest BCUT2D eigenvalue weighted by molar-refractivity contribution is 0.0929. The first-order valence-electron chi connectivity index (χ1n) is 9.89.